The van der Waals surface area contributed by atoms with E-state index in [1.807, 2.05) is 11.8 Å². The van der Waals surface area contributed by atoms with Gasteiger partial charge in [0.15, 0.2) is 5.69 Å². The van der Waals surface area contributed by atoms with Crippen molar-refractivity contribution in [1.82, 2.24) is 15.1 Å². The Morgan fingerprint density at radius 2 is 2.09 bits per heavy atom. The fourth-order valence-electron chi connectivity index (χ4n) is 3.70. The zero-order valence-electron chi connectivity index (χ0n) is 13.2. The van der Waals surface area contributed by atoms with Gasteiger partial charge in [0.25, 0.3) is 5.91 Å². The summed E-state index contributed by atoms with van der Waals surface area (Å²) in [6.07, 6.45) is 3.69. The molecule has 1 aliphatic carbocycles. The van der Waals surface area contributed by atoms with Gasteiger partial charge in [-0.2, -0.15) is 0 Å². The van der Waals surface area contributed by atoms with Gasteiger partial charge >= 0.3 is 0 Å². The summed E-state index contributed by atoms with van der Waals surface area (Å²) in [5, 5.41) is 8.00. The Bertz CT molecular complexity index is 782. The fraction of sp³-hybridized carbons (Fsp3) is 0.389. The lowest BCUT2D eigenvalue weighted by Gasteiger charge is -2.37. The molecule has 2 aromatic rings. The van der Waals surface area contributed by atoms with E-state index in [4.69, 9.17) is 5.73 Å². The molecule has 5 heteroatoms. The summed E-state index contributed by atoms with van der Waals surface area (Å²) in [6.45, 7) is 2.74. The van der Waals surface area contributed by atoms with E-state index in [0.29, 0.717) is 11.5 Å². The van der Waals surface area contributed by atoms with Crippen molar-refractivity contribution >= 4 is 11.7 Å². The van der Waals surface area contributed by atoms with Crippen LogP contribution in [0.15, 0.2) is 30.3 Å². The van der Waals surface area contributed by atoms with Gasteiger partial charge in [-0.3, -0.25) is 4.79 Å². The number of carbonyl (C=O) groups excluding carboxylic acids is 1. The first-order chi connectivity index (χ1) is 11.2. The Hall–Kier alpha value is -2.43. The molecule has 0 unspecified atom stereocenters. The summed E-state index contributed by atoms with van der Waals surface area (Å²) in [5.74, 6) is 0.383. The van der Waals surface area contributed by atoms with E-state index in [2.05, 4.69) is 34.5 Å². The van der Waals surface area contributed by atoms with Crippen LogP contribution in [-0.4, -0.2) is 27.5 Å². The van der Waals surface area contributed by atoms with Gasteiger partial charge in [0.2, 0.25) is 0 Å². The van der Waals surface area contributed by atoms with Gasteiger partial charge in [0.1, 0.15) is 5.82 Å². The molecule has 1 saturated carbocycles. The number of amides is 1. The third kappa shape index (κ3) is 2.11. The Balaban J connectivity index is 1.70. The van der Waals surface area contributed by atoms with E-state index >= 15 is 0 Å². The van der Waals surface area contributed by atoms with Gasteiger partial charge < -0.3 is 10.6 Å². The van der Waals surface area contributed by atoms with Crippen LogP contribution >= 0.6 is 0 Å². The van der Waals surface area contributed by atoms with Crippen molar-refractivity contribution in [2.75, 3.05) is 12.3 Å². The zero-order valence-corrected chi connectivity index (χ0v) is 13.2. The Labute approximate surface area is 135 Å². The van der Waals surface area contributed by atoms with Crippen molar-refractivity contribution in [1.29, 1.82) is 0 Å². The van der Waals surface area contributed by atoms with Crippen molar-refractivity contribution in [2.45, 2.75) is 38.1 Å². The molecule has 23 heavy (non-hydrogen) atoms. The molecule has 1 aromatic heterocycles. The Morgan fingerprint density at radius 3 is 2.83 bits per heavy atom. The van der Waals surface area contributed by atoms with Gasteiger partial charge in [-0.25, -0.2) is 0 Å². The number of benzene rings is 1. The van der Waals surface area contributed by atoms with Gasteiger partial charge in [0, 0.05) is 6.54 Å². The number of carbonyl (C=O) groups is 1. The quantitative estimate of drug-likeness (QED) is 0.924. The van der Waals surface area contributed by atoms with Crippen molar-refractivity contribution in [3.63, 3.8) is 0 Å². The Kier molecular flexibility index (Phi) is 3.11. The van der Waals surface area contributed by atoms with E-state index in [1.165, 1.54) is 11.1 Å². The third-order valence-corrected chi connectivity index (χ3v) is 5.11. The molecule has 1 amide bonds. The van der Waals surface area contributed by atoms with Gasteiger partial charge in [-0.15, -0.1) is 10.2 Å². The smallest absolute Gasteiger partial charge is 0.275 e. The maximum absolute atomic E-state index is 13.0. The third-order valence-electron chi connectivity index (χ3n) is 5.11. The highest BCUT2D eigenvalue weighted by Crippen LogP contribution is 2.54. The lowest BCUT2D eigenvalue weighted by molar-refractivity contribution is 0.0619. The first kappa shape index (κ1) is 14.2. The first-order valence-corrected chi connectivity index (χ1v) is 8.18. The molecule has 0 saturated heterocycles. The summed E-state index contributed by atoms with van der Waals surface area (Å²) in [4.78, 5) is 15.0. The van der Waals surface area contributed by atoms with Crippen LogP contribution in [0, 0.1) is 0 Å². The summed E-state index contributed by atoms with van der Waals surface area (Å²) >= 11 is 0. The molecule has 1 aliphatic heterocycles. The number of nitrogens with zero attached hydrogens (tertiary/aromatic N) is 3. The molecule has 2 heterocycles. The average molecular weight is 308 g/mol. The van der Waals surface area contributed by atoms with Gasteiger partial charge in [-0.1, -0.05) is 31.2 Å². The molecule has 4 rings (SSSR count). The predicted molar refractivity (Wildman–Crippen MR) is 87.9 cm³/mol. The number of anilines is 1. The standard InChI is InChI=1S/C18H20N4O/c1-2-12-11-15(20-21-16(12)19)17(23)22-10-7-13-5-3-4-6-14(13)18(22)8-9-18/h3-6,11H,2,7-10H2,1H3,(H2,19,21). The highest BCUT2D eigenvalue weighted by atomic mass is 16.2. The molecule has 0 atom stereocenters. The number of nitrogens with two attached hydrogens (primary N) is 1. The monoisotopic (exact) mass is 308 g/mol. The number of nitrogen functional groups attached to an aromatic ring is 1. The highest BCUT2D eigenvalue weighted by Gasteiger charge is 2.54. The number of aromatic nitrogens is 2. The van der Waals surface area contributed by atoms with Crippen LogP contribution in [-0.2, 0) is 18.4 Å². The number of aryl methyl sites for hydroxylation is 1. The van der Waals surface area contributed by atoms with Crippen molar-refractivity contribution in [2.24, 2.45) is 0 Å². The van der Waals surface area contributed by atoms with Crippen LogP contribution in [0.3, 0.4) is 0 Å². The molecular formula is C18H20N4O. The summed E-state index contributed by atoms with van der Waals surface area (Å²) in [6, 6.07) is 10.3. The number of hydrogen-bond donors (Lipinski definition) is 1. The largest absolute Gasteiger partial charge is 0.382 e. The topological polar surface area (TPSA) is 72.1 Å². The number of fused-ring (bicyclic) bond motifs is 2. The second-order valence-corrected chi connectivity index (χ2v) is 6.39. The van der Waals surface area contributed by atoms with Crippen LogP contribution in [0.25, 0.3) is 0 Å². The molecule has 0 bridgehead atoms. The molecule has 0 radical (unpaired) electrons. The van der Waals surface area contributed by atoms with Crippen LogP contribution in [0.5, 0.6) is 0 Å². The highest BCUT2D eigenvalue weighted by molar-refractivity contribution is 5.93. The van der Waals surface area contributed by atoms with Gasteiger partial charge in [-0.05, 0) is 48.4 Å². The predicted octanol–water partition coefficient (Wildman–Crippen LogP) is 2.31. The van der Waals surface area contributed by atoms with E-state index in [1.54, 1.807) is 6.07 Å². The minimum absolute atomic E-state index is 0.0285. The molecule has 1 spiro atoms. The van der Waals surface area contributed by atoms with Crippen LogP contribution < -0.4 is 5.73 Å². The summed E-state index contributed by atoms with van der Waals surface area (Å²) in [5.41, 5.74) is 9.64. The second-order valence-electron chi connectivity index (χ2n) is 6.39. The van der Waals surface area contributed by atoms with Crippen molar-refractivity contribution in [3.05, 3.63) is 52.7 Å². The minimum Gasteiger partial charge on any atom is -0.382 e. The van der Waals surface area contributed by atoms with Crippen molar-refractivity contribution in [3.8, 4) is 0 Å². The van der Waals surface area contributed by atoms with E-state index < -0.39 is 0 Å². The number of rotatable bonds is 2. The summed E-state index contributed by atoms with van der Waals surface area (Å²) in [7, 11) is 0. The van der Waals surface area contributed by atoms with Crippen LogP contribution in [0.1, 0.15) is 46.9 Å². The fourth-order valence-corrected chi connectivity index (χ4v) is 3.70. The van der Waals surface area contributed by atoms with Crippen LogP contribution in [0.4, 0.5) is 5.82 Å². The van der Waals surface area contributed by atoms with E-state index in [9.17, 15) is 4.79 Å². The molecule has 2 N–H and O–H groups in total. The second kappa shape index (κ2) is 5.05. The first-order valence-electron chi connectivity index (χ1n) is 8.18. The molecule has 1 fully saturated rings. The maximum Gasteiger partial charge on any atom is 0.275 e. The lowest BCUT2D eigenvalue weighted by Crippen LogP contribution is -2.45. The van der Waals surface area contributed by atoms with E-state index in [0.717, 1.165) is 37.8 Å². The normalized spacial score (nSPS) is 17.9. The molecular weight excluding hydrogens is 288 g/mol. The van der Waals surface area contributed by atoms with E-state index in [-0.39, 0.29) is 11.4 Å². The number of hydrogen-bond acceptors (Lipinski definition) is 4. The maximum atomic E-state index is 13.0. The zero-order chi connectivity index (χ0) is 16.0. The lowest BCUT2D eigenvalue weighted by atomic mass is 9.90. The Morgan fingerprint density at radius 1 is 1.30 bits per heavy atom. The summed E-state index contributed by atoms with van der Waals surface area (Å²) < 4.78 is 0. The van der Waals surface area contributed by atoms with Crippen molar-refractivity contribution < 1.29 is 4.79 Å². The minimum atomic E-state index is -0.124. The SMILES string of the molecule is CCc1cc(C(=O)N2CCc3ccccc3C23CC3)nnc1N. The molecule has 118 valence electrons. The molecule has 1 aromatic carbocycles. The molecule has 2 aliphatic rings. The average Bonchev–Trinajstić information content (AvgIpc) is 3.36. The van der Waals surface area contributed by atoms with Crippen LogP contribution in [0.2, 0.25) is 0 Å². The van der Waals surface area contributed by atoms with Gasteiger partial charge in [0.05, 0.1) is 5.54 Å². The molecule has 5 nitrogen and oxygen atoms in total.